The maximum atomic E-state index is 11.9. The number of rotatable bonds is 8. The molecule has 0 aliphatic heterocycles. The summed E-state index contributed by atoms with van der Waals surface area (Å²) in [6.07, 6.45) is -4.37. The lowest BCUT2D eigenvalue weighted by Gasteiger charge is -2.12. The zero-order valence-corrected chi connectivity index (χ0v) is 11.3. The van der Waals surface area contributed by atoms with Gasteiger partial charge in [-0.2, -0.15) is 13.2 Å². The van der Waals surface area contributed by atoms with Crippen LogP contribution in [0.3, 0.4) is 0 Å². The lowest BCUT2D eigenvalue weighted by atomic mass is 10.2. The van der Waals surface area contributed by atoms with Gasteiger partial charge in [-0.3, -0.25) is 10.1 Å². The van der Waals surface area contributed by atoms with Crippen molar-refractivity contribution in [2.24, 2.45) is 0 Å². The Morgan fingerprint density at radius 2 is 2.05 bits per heavy atom. The number of alkyl halides is 3. The number of ether oxygens (including phenoxy) is 2. The molecule has 21 heavy (non-hydrogen) atoms. The molecule has 1 aromatic carbocycles. The van der Waals surface area contributed by atoms with Crippen LogP contribution < -0.4 is 10.1 Å². The van der Waals surface area contributed by atoms with Gasteiger partial charge in [0.2, 0.25) is 0 Å². The third kappa shape index (κ3) is 6.41. The van der Waals surface area contributed by atoms with Crippen molar-refractivity contribution in [1.82, 2.24) is 5.32 Å². The molecule has 0 atom stereocenters. The van der Waals surface area contributed by atoms with Crippen LogP contribution in [0.1, 0.15) is 5.56 Å². The molecule has 1 aromatic rings. The molecule has 0 saturated carbocycles. The van der Waals surface area contributed by atoms with Crippen molar-refractivity contribution in [1.29, 1.82) is 0 Å². The highest BCUT2D eigenvalue weighted by Gasteiger charge is 2.27. The van der Waals surface area contributed by atoms with Gasteiger partial charge < -0.3 is 14.8 Å². The molecule has 0 bridgehead atoms. The fraction of sp³-hybridized carbons (Fsp3) is 0.500. The predicted octanol–water partition coefficient (Wildman–Crippen LogP) is 2.27. The molecule has 0 heterocycles. The number of hydrogen-bond acceptors (Lipinski definition) is 5. The number of benzene rings is 1. The molecule has 0 aliphatic carbocycles. The zero-order valence-electron chi connectivity index (χ0n) is 11.3. The molecule has 0 spiro atoms. The number of nitrogens with one attached hydrogen (secondary N) is 1. The van der Waals surface area contributed by atoms with E-state index in [0.29, 0.717) is 17.9 Å². The number of hydrogen-bond donors (Lipinski definition) is 1. The van der Waals surface area contributed by atoms with E-state index >= 15 is 0 Å². The maximum Gasteiger partial charge on any atom is 0.411 e. The molecule has 0 aromatic heterocycles. The van der Waals surface area contributed by atoms with Gasteiger partial charge in [-0.25, -0.2) is 0 Å². The molecule has 1 N–H and O–H groups in total. The van der Waals surface area contributed by atoms with Crippen LogP contribution in [0.15, 0.2) is 18.2 Å². The number of nitro benzene ring substituents is 1. The first-order valence-corrected chi connectivity index (χ1v) is 6.02. The first-order valence-electron chi connectivity index (χ1n) is 6.02. The van der Waals surface area contributed by atoms with Crippen molar-refractivity contribution >= 4 is 5.69 Å². The van der Waals surface area contributed by atoms with Gasteiger partial charge in [0.1, 0.15) is 19.0 Å². The summed E-state index contributed by atoms with van der Waals surface area (Å²) in [6.45, 7) is -1.31. The highest BCUT2D eigenvalue weighted by molar-refractivity contribution is 5.43. The van der Waals surface area contributed by atoms with Gasteiger partial charge in [-0.15, -0.1) is 0 Å². The Hall–Kier alpha value is -1.87. The lowest BCUT2D eigenvalue weighted by molar-refractivity contribution is -0.384. The molecule has 9 heteroatoms. The van der Waals surface area contributed by atoms with Crippen LogP contribution in [0.5, 0.6) is 5.75 Å². The van der Waals surface area contributed by atoms with E-state index < -0.39 is 17.7 Å². The average Bonchev–Trinajstić information content (AvgIpc) is 2.38. The van der Waals surface area contributed by atoms with Crippen LogP contribution in [-0.2, 0) is 11.3 Å². The highest BCUT2D eigenvalue weighted by atomic mass is 19.4. The summed E-state index contributed by atoms with van der Waals surface area (Å²) < 4.78 is 45.2. The Bertz CT molecular complexity index is 480. The number of nitrogens with zero attached hydrogens (tertiary/aromatic N) is 1. The van der Waals surface area contributed by atoms with E-state index in [0.717, 1.165) is 0 Å². The minimum Gasteiger partial charge on any atom is -0.491 e. The van der Waals surface area contributed by atoms with E-state index in [1.807, 2.05) is 0 Å². The summed E-state index contributed by atoms with van der Waals surface area (Å²) in [6, 6.07) is 4.03. The van der Waals surface area contributed by atoms with Crippen LogP contribution in [0.2, 0.25) is 0 Å². The van der Waals surface area contributed by atoms with Crippen LogP contribution >= 0.6 is 0 Å². The summed E-state index contributed by atoms with van der Waals surface area (Å²) >= 11 is 0. The lowest BCUT2D eigenvalue weighted by Crippen LogP contribution is -2.19. The standard InChI is InChI=1S/C12H15F3N2O4/c1-16-7-9-6-10(17(18)19)2-3-11(9)21-5-4-20-8-12(13,14)15/h2-3,6,16H,4-5,7-8H2,1H3. The average molecular weight is 308 g/mol. The fourth-order valence-electron chi connectivity index (χ4n) is 1.55. The molecule has 6 nitrogen and oxygen atoms in total. The van der Waals surface area contributed by atoms with E-state index in [9.17, 15) is 23.3 Å². The van der Waals surface area contributed by atoms with Crippen molar-refractivity contribution < 1.29 is 27.6 Å². The predicted molar refractivity (Wildman–Crippen MR) is 68.2 cm³/mol. The molecule has 0 unspecified atom stereocenters. The molecule has 118 valence electrons. The van der Waals surface area contributed by atoms with Gasteiger partial charge in [0, 0.05) is 24.2 Å². The molecule has 1 rings (SSSR count). The smallest absolute Gasteiger partial charge is 0.411 e. The summed E-state index contributed by atoms with van der Waals surface area (Å²) in [7, 11) is 1.66. The van der Waals surface area contributed by atoms with E-state index in [4.69, 9.17) is 4.74 Å². The summed E-state index contributed by atoms with van der Waals surface area (Å²) in [4.78, 5) is 10.1. The third-order valence-corrected chi connectivity index (χ3v) is 2.37. The molecular weight excluding hydrogens is 293 g/mol. The number of halogens is 3. The molecule has 0 saturated heterocycles. The van der Waals surface area contributed by atoms with Crippen LogP contribution in [0.25, 0.3) is 0 Å². The minimum atomic E-state index is -4.37. The Kier molecular flexibility index (Phi) is 6.38. The van der Waals surface area contributed by atoms with Gasteiger partial charge in [0.15, 0.2) is 0 Å². The third-order valence-electron chi connectivity index (χ3n) is 2.37. The SMILES string of the molecule is CNCc1cc([N+](=O)[O-])ccc1OCCOCC(F)(F)F. The first-order chi connectivity index (χ1) is 9.83. The number of non-ortho nitro benzene ring substituents is 1. The van der Waals surface area contributed by atoms with Gasteiger partial charge in [-0.1, -0.05) is 0 Å². The molecular formula is C12H15F3N2O4. The molecule has 0 aliphatic rings. The van der Waals surface area contributed by atoms with Crippen molar-refractivity contribution in [3.63, 3.8) is 0 Å². The normalized spacial score (nSPS) is 11.4. The van der Waals surface area contributed by atoms with Crippen molar-refractivity contribution in [3.8, 4) is 5.75 Å². The van der Waals surface area contributed by atoms with E-state index in [2.05, 4.69) is 10.1 Å². The van der Waals surface area contributed by atoms with Gasteiger partial charge in [0.25, 0.3) is 5.69 Å². The van der Waals surface area contributed by atoms with Crippen LogP contribution in [0.4, 0.5) is 18.9 Å². The Labute approximate surface area is 119 Å². The van der Waals surface area contributed by atoms with Gasteiger partial charge in [0.05, 0.1) is 11.5 Å². The quantitative estimate of drug-likeness (QED) is 0.453. The Morgan fingerprint density at radius 3 is 2.62 bits per heavy atom. The second kappa shape index (κ2) is 7.79. The summed E-state index contributed by atoms with van der Waals surface area (Å²) in [5.74, 6) is 0.366. The van der Waals surface area contributed by atoms with E-state index in [1.165, 1.54) is 18.2 Å². The zero-order chi connectivity index (χ0) is 15.9. The Morgan fingerprint density at radius 1 is 1.33 bits per heavy atom. The molecule has 0 fully saturated rings. The second-order valence-electron chi connectivity index (χ2n) is 4.10. The summed E-state index contributed by atoms with van der Waals surface area (Å²) in [5, 5.41) is 13.5. The Balaban J connectivity index is 2.55. The van der Waals surface area contributed by atoms with Crippen molar-refractivity contribution in [2.75, 3.05) is 26.9 Å². The van der Waals surface area contributed by atoms with Gasteiger partial charge in [-0.05, 0) is 13.1 Å². The van der Waals surface area contributed by atoms with E-state index in [-0.39, 0.29) is 18.9 Å². The first kappa shape index (κ1) is 17.2. The van der Waals surface area contributed by atoms with Crippen molar-refractivity contribution in [2.45, 2.75) is 12.7 Å². The topological polar surface area (TPSA) is 73.6 Å². The molecule has 0 amide bonds. The molecule has 0 radical (unpaired) electrons. The second-order valence-corrected chi connectivity index (χ2v) is 4.10. The van der Waals surface area contributed by atoms with Crippen LogP contribution in [-0.4, -0.2) is 38.0 Å². The van der Waals surface area contributed by atoms with E-state index in [1.54, 1.807) is 7.05 Å². The minimum absolute atomic E-state index is 0.0788. The van der Waals surface area contributed by atoms with Crippen LogP contribution in [0, 0.1) is 10.1 Å². The number of nitro groups is 1. The summed E-state index contributed by atoms with van der Waals surface area (Å²) in [5.41, 5.74) is 0.462. The van der Waals surface area contributed by atoms with Gasteiger partial charge >= 0.3 is 6.18 Å². The van der Waals surface area contributed by atoms with Crippen molar-refractivity contribution in [3.05, 3.63) is 33.9 Å². The highest BCUT2D eigenvalue weighted by Crippen LogP contribution is 2.24. The monoisotopic (exact) mass is 308 g/mol. The fourth-order valence-corrected chi connectivity index (χ4v) is 1.55. The maximum absolute atomic E-state index is 11.9. The largest absolute Gasteiger partial charge is 0.491 e.